The molecule has 384 valence electrons. The van der Waals surface area contributed by atoms with Gasteiger partial charge in [-0.2, -0.15) is 0 Å². The molecule has 0 fully saturated rings. The number of nitrogens with one attached hydrogen (secondary N) is 1. The Morgan fingerprint density at radius 1 is 0.312 bits per heavy atom. The van der Waals surface area contributed by atoms with E-state index in [9.17, 15) is 15.0 Å². The summed E-state index contributed by atoms with van der Waals surface area (Å²) >= 11 is 0. The smallest absolute Gasteiger partial charge is 0.220 e. The van der Waals surface area contributed by atoms with Crippen LogP contribution in [0.3, 0.4) is 0 Å². The first-order valence-electron chi connectivity index (χ1n) is 30.2. The Labute approximate surface area is 404 Å². The molecule has 0 rings (SSSR count). The highest BCUT2D eigenvalue weighted by atomic mass is 16.3. The number of aliphatic hydroxyl groups excluding tert-OH is 2. The van der Waals surface area contributed by atoms with Gasteiger partial charge >= 0.3 is 0 Å². The summed E-state index contributed by atoms with van der Waals surface area (Å²) in [5.74, 6) is -0.0211. The van der Waals surface area contributed by atoms with E-state index >= 15 is 0 Å². The Morgan fingerprint density at radius 3 is 0.703 bits per heavy atom. The van der Waals surface area contributed by atoms with Gasteiger partial charge in [-0.05, 0) is 12.8 Å². The molecule has 1 amide bonds. The third-order valence-corrected chi connectivity index (χ3v) is 14.6. The van der Waals surface area contributed by atoms with E-state index in [-0.39, 0.29) is 12.5 Å². The van der Waals surface area contributed by atoms with E-state index in [2.05, 4.69) is 19.2 Å². The van der Waals surface area contributed by atoms with Crippen molar-refractivity contribution in [2.24, 2.45) is 0 Å². The van der Waals surface area contributed by atoms with Gasteiger partial charge < -0.3 is 15.5 Å². The second kappa shape index (κ2) is 56.7. The number of carbonyl (C=O) groups is 1. The summed E-state index contributed by atoms with van der Waals surface area (Å²) in [6, 6.07) is -0.531. The lowest BCUT2D eigenvalue weighted by molar-refractivity contribution is -0.123. The van der Waals surface area contributed by atoms with Crippen LogP contribution in [0.2, 0.25) is 0 Å². The quantitative estimate of drug-likeness (QED) is 0.0533. The molecule has 0 heterocycles. The SMILES string of the molecule is CCCCCCCCCCCCCCCCCCCCCCCCCCCCCCCCCCC(=O)NC(CO)C(O)CCCCCCCCCCCCCCCCCCCCCC. The van der Waals surface area contributed by atoms with Crippen LogP contribution in [0.4, 0.5) is 0 Å². The number of hydrogen-bond donors (Lipinski definition) is 3. The molecule has 3 N–H and O–H groups in total. The first-order valence-corrected chi connectivity index (χ1v) is 30.2. The monoisotopic (exact) mass is 904 g/mol. The van der Waals surface area contributed by atoms with Gasteiger partial charge in [-0.15, -0.1) is 0 Å². The minimum atomic E-state index is -0.655. The molecule has 4 nitrogen and oxygen atoms in total. The zero-order chi connectivity index (χ0) is 46.3. The molecule has 4 heteroatoms. The van der Waals surface area contributed by atoms with Gasteiger partial charge in [0.1, 0.15) is 0 Å². The van der Waals surface area contributed by atoms with E-state index in [0.29, 0.717) is 12.8 Å². The summed E-state index contributed by atoms with van der Waals surface area (Å²) < 4.78 is 0. The zero-order valence-electron chi connectivity index (χ0n) is 44.3. The third-order valence-electron chi connectivity index (χ3n) is 14.6. The Kier molecular flexibility index (Phi) is 56.2. The summed E-state index contributed by atoms with van der Waals surface area (Å²) in [5.41, 5.74) is 0. The van der Waals surface area contributed by atoms with Crippen LogP contribution < -0.4 is 5.32 Å². The van der Waals surface area contributed by atoms with Gasteiger partial charge in [0, 0.05) is 6.42 Å². The Hall–Kier alpha value is -0.610. The third kappa shape index (κ3) is 52.4. The van der Waals surface area contributed by atoms with Gasteiger partial charge in [0.05, 0.1) is 18.8 Å². The van der Waals surface area contributed by atoms with Gasteiger partial charge in [0.15, 0.2) is 0 Å². The highest BCUT2D eigenvalue weighted by Gasteiger charge is 2.20. The van der Waals surface area contributed by atoms with Crippen LogP contribution in [0.5, 0.6) is 0 Å². The molecule has 0 aromatic heterocycles. The zero-order valence-corrected chi connectivity index (χ0v) is 44.3. The van der Waals surface area contributed by atoms with Crippen LogP contribution in [0.1, 0.15) is 361 Å². The lowest BCUT2D eigenvalue weighted by atomic mass is 10.0. The maximum absolute atomic E-state index is 12.5. The Morgan fingerprint density at radius 2 is 0.500 bits per heavy atom. The molecule has 2 unspecified atom stereocenters. The average Bonchev–Trinajstić information content (AvgIpc) is 3.30. The predicted molar refractivity (Wildman–Crippen MR) is 286 cm³/mol. The molecule has 0 aliphatic heterocycles. The molecule has 0 bridgehead atoms. The molecule has 0 saturated heterocycles. The first-order chi connectivity index (χ1) is 31.7. The molecule has 0 radical (unpaired) electrons. The standard InChI is InChI=1S/C60H121NO3/c1-3-5-7-9-11-13-15-17-19-21-23-25-26-27-28-29-30-31-32-33-34-35-36-38-40-42-44-46-48-50-52-54-56-60(64)61-58(57-62)59(63)55-53-51-49-47-45-43-41-39-37-24-22-20-18-16-14-12-10-8-6-4-2/h58-59,62-63H,3-57H2,1-2H3,(H,61,64). The van der Waals surface area contributed by atoms with Crippen LogP contribution >= 0.6 is 0 Å². The second-order valence-electron chi connectivity index (χ2n) is 21.1. The summed E-state index contributed by atoms with van der Waals surface area (Å²) in [6.07, 6.45) is 72.6. The van der Waals surface area contributed by atoms with Crippen molar-refractivity contribution in [3.8, 4) is 0 Å². The van der Waals surface area contributed by atoms with Crippen LogP contribution in [-0.4, -0.2) is 34.9 Å². The lowest BCUT2D eigenvalue weighted by Crippen LogP contribution is -2.45. The van der Waals surface area contributed by atoms with Crippen molar-refractivity contribution in [1.82, 2.24) is 5.32 Å². The number of aliphatic hydroxyl groups is 2. The highest BCUT2D eigenvalue weighted by molar-refractivity contribution is 5.76. The van der Waals surface area contributed by atoms with Crippen LogP contribution in [0.15, 0.2) is 0 Å². The van der Waals surface area contributed by atoms with Gasteiger partial charge in [-0.3, -0.25) is 4.79 Å². The van der Waals surface area contributed by atoms with E-state index in [4.69, 9.17) is 0 Å². The number of hydrogen-bond acceptors (Lipinski definition) is 3. The molecule has 0 aromatic carbocycles. The fraction of sp³-hybridized carbons (Fsp3) is 0.983. The van der Waals surface area contributed by atoms with E-state index < -0.39 is 12.1 Å². The van der Waals surface area contributed by atoms with E-state index in [0.717, 1.165) is 25.7 Å². The molecular formula is C60H121NO3. The van der Waals surface area contributed by atoms with Crippen molar-refractivity contribution in [3.63, 3.8) is 0 Å². The Bertz CT molecular complexity index is 849. The van der Waals surface area contributed by atoms with Gasteiger partial charge in [0.2, 0.25) is 5.91 Å². The maximum Gasteiger partial charge on any atom is 0.220 e. The lowest BCUT2D eigenvalue weighted by Gasteiger charge is -2.22. The number of amides is 1. The van der Waals surface area contributed by atoms with Gasteiger partial charge in [-0.1, -0.05) is 341 Å². The summed E-state index contributed by atoms with van der Waals surface area (Å²) in [7, 11) is 0. The molecule has 0 aromatic rings. The topological polar surface area (TPSA) is 69.6 Å². The van der Waals surface area contributed by atoms with Crippen molar-refractivity contribution in [2.75, 3.05) is 6.61 Å². The second-order valence-corrected chi connectivity index (χ2v) is 21.1. The number of unbranched alkanes of at least 4 members (excludes halogenated alkanes) is 50. The van der Waals surface area contributed by atoms with Gasteiger partial charge in [0.25, 0.3) is 0 Å². The fourth-order valence-corrected chi connectivity index (χ4v) is 10.0. The highest BCUT2D eigenvalue weighted by Crippen LogP contribution is 2.19. The molecular weight excluding hydrogens is 783 g/mol. The van der Waals surface area contributed by atoms with Crippen LogP contribution in [-0.2, 0) is 4.79 Å². The van der Waals surface area contributed by atoms with Crippen molar-refractivity contribution < 1.29 is 15.0 Å². The molecule has 2 atom stereocenters. The first kappa shape index (κ1) is 63.4. The van der Waals surface area contributed by atoms with Crippen molar-refractivity contribution in [1.29, 1.82) is 0 Å². The number of rotatable bonds is 57. The normalized spacial score (nSPS) is 12.6. The molecule has 64 heavy (non-hydrogen) atoms. The van der Waals surface area contributed by atoms with Crippen molar-refractivity contribution >= 4 is 5.91 Å². The summed E-state index contributed by atoms with van der Waals surface area (Å²) in [4.78, 5) is 12.5. The summed E-state index contributed by atoms with van der Waals surface area (Å²) in [6.45, 7) is 4.41. The molecule has 0 aliphatic rings. The van der Waals surface area contributed by atoms with E-state index in [1.54, 1.807) is 0 Å². The minimum absolute atomic E-state index is 0.0211. The van der Waals surface area contributed by atoms with Gasteiger partial charge in [-0.25, -0.2) is 0 Å². The Balaban J connectivity index is 3.36. The minimum Gasteiger partial charge on any atom is -0.394 e. The maximum atomic E-state index is 12.5. The van der Waals surface area contributed by atoms with Crippen molar-refractivity contribution in [2.45, 2.75) is 373 Å². The summed E-state index contributed by atoms with van der Waals surface area (Å²) in [5, 5.41) is 23.4. The predicted octanol–water partition coefficient (Wildman–Crippen LogP) is 19.9. The van der Waals surface area contributed by atoms with E-state index in [1.165, 1.54) is 308 Å². The molecule has 0 aliphatic carbocycles. The van der Waals surface area contributed by atoms with Crippen molar-refractivity contribution in [3.05, 3.63) is 0 Å². The fourth-order valence-electron chi connectivity index (χ4n) is 10.0. The average molecular weight is 905 g/mol. The van der Waals surface area contributed by atoms with Crippen LogP contribution in [0, 0.1) is 0 Å². The largest absolute Gasteiger partial charge is 0.394 e. The van der Waals surface area contributed by atoms with Crippen LogP contribution in [0.25, 0.3) is 0 Å². The van der Waals surface area contributed by atoms with E-state index in [1.807, 2.05) is 0 Å². The molecule has 0 spiro atoms. The molecule has 0 saturated carbocycles. The number of carbonyl (C=O) groups excluding carboxylic acids is 1.